The van der Waals surface area contributed by atoms with Crippen LogP contribution in [0, 0.1) is 0 Å². The first-order chi connectivity index (χ1) is 9.02. The minimum Gasteiger partial charge on any atom is -0.394 e. The van der Waals surface area contributed by atoms with Gasteiger partial charge >= 0.3 is 0 Å². The zero-order chi connectivity index (χ0) is 14.0. The predicted octanol–water partition coefficient (Wildman–Crippen LogP) is -2.46. The van der Waals surface area contributed by atoms with Crippen LogP contribution in [-0.2, 0) is 4.74 Å². The molecule has 1 aromatic heterocycles. The summed E-state index contributed by atoms with van der Waals surface area (Å²) in [6.45, 7) is -0.469. The molecule has 1 aliphatic heterocycles. The molecule has 1 aliphatic rings. The van der Waals surface area contributed by atoms with Crippen molar-refractivity contribution in [2.45, 2.75) is 24.5 Å². The lowest BCUT2D eigenvalue weighted by molar-refractivity contribution is -0.0304. The minimum absolute atomic E-state index is 0.178. The van der Waals surface area contributed by atoms with Crippen LogP contribution >= 0.6 is 0 Å². The van der Waals surface area contributed by atoms with Crippen molar-refractivity contribution in [1.29, 1.82) is 0 Å². The normalized spacial score (nSPS) is 30.3. The van der Waals surface area contributed by atoms with Crippen LogP contribution in [-0.4, -0.2) is 57.4 Å². The smallest absolute Gasteiger partial charge is 0.254 e. The van der Waals surface area contributed by atoms with Gasteiger partial charge in [0.05, 0.1) is 12.2 Å². The molecule has 0 aliphatic carbocycles. The number of ether oxygens (including phenoxy) is 1. The SMILES string of the molecule is O=C(NC1O[C@H](CO)[C@@H](O)[C@H]1O)c1ccc(=O)[nH]c1. The maximum Gasteiger partial charge on any atom is 0.254 e. The fourth-order valence-electron chi connectivity index (χ4n) is 1.78. The first kappa shape index (κ1) is 13.7. The second-order valence-electron chi connectivity index (χ2n) is 4.17. The van der Waals surface area contributed by atoms with Gasteiger partial charge in [-0.25, -0.2) is 0 Å². The number of aromatic nitrogens is 1. The van der Waals surface area contributed by atoms with E-state index in [2.05, 4.69) is 10.3 Å². The molecule has 8 nitrogen and oxygen atoms in total. The fourth-order valence-corrected chi connectivity index (χ4v) is 1.78. The van der Waals surface area contributed by atoms with E-state index in [1.165, 1.54) is 18.3 Å². The van der Waals surface area contributed by atoms with Crippen molar-refractivity contribution < 1.29 is 24.9 Å². The monoisotopic (exact) mass is 270 g/mol. The van der Waals surface area contributed by atoms with Crippen LogP contribution in [0.25, 0.3) is 0 Å². The zero-order valence-corrected chi connectivity index (χ0v) is 9.81. The summed E-state index contributed by atoms with van der Waals surface area (Å²) in [7, 11) is 0. The molecule has 5 N–H and O–H groups in total. The Labute approximate surface area is 107 Å². The third-order valence-electron chi connectivity index (χ3n) is 2.86. The van der Waals surface area contributed by atoms with Gasteiger partial charge in [0, 0.05) is 12.3 Å². The van der Waals surface area contributed by atoms with E-state index in [0.29, 0.717) is 0 Å². The summed E-state index contributed by atoms with van der Waals surface area (Å²) in [6, 6.07) is 2.50. The molecule has 2 rings (SSSR count). The molecule has 0 saturated carbocycles. The highest BCUT2D eigenvalue weighted by Gasteiger charge is 2.43. The number of pyridine rings is 1. The quantitative estimate of drug-likeness (QED) is 0.414. The number of carbonyl (C=O) groups excluding carboxylic acids is 1. The molecule has 0 aromatic carbocycles. The van der Waals surface area contributed by atoms with E-state index in [0.717, 1.165) is 0 Å². The van der Waals surface area contributed by atoms with Gasteiger partial charge in [-0.1, -0.05) is 0 Å². The first-order valence-electron chi connectivity index (χ1n) is 5.65. The second-order valence-corrected chi connectivity index (χ2v) is 4.17. The third kappa shape index (κ3) is 2.82. The zero-order valence-electron chi connectivity index (χ0n) is 9.81. The van der Waals surface area contributed by atoms with E-state index in [9.17, 15) is 19.8 Å². The lowest BCUT2D eigenvalue weighted by Crippen LogP contribution is -2.43. The Kier molecular flexibility index (Phi) is 3.96. The largest absolute Gasteiger partial charge is 0.394 e. The van der Waals surface area contributed by atoms with E-state index in [-0.39, 0.29) is 11.1 Å². The molecule has 1 fully saturated rings. The van der Waals surface area contributed by atoms with Crippen molar-refractivity contribution in [2.24, 2.45) is 0 Å². The van der Waals surface area contributed by atoms with Gasteiger partial charge in [-0.2, -0.15) is 0 Å². The summed E-state index contributed by atoms with van der Waals surface area (Å²) in [5.74, 6) is -0.578. The molecule has 8 heteroatoms. The summed E-state index contributed by atoms with van der Waals surface area (Å²) >= 11 is 0. The Balaban J connectivity index is 2.03. The molecule has 2 heterocycles. The van der Waals surface area contributed by atoms with Gasteiger partial charge in [-0.15, -0.1) is 0 Å². The molecule has 1 aromatic rings. The van der Waals surface area contributed by atoms with Crippen LogP contribution < -0.4 is 10.9 Å². The number of aromatic amines is 1. The molecule has 0 radical (unpaired) electrons. The van der Waals surface area contributed by atoms with Crippen molar-refractivity contribution in [2.75, 3.05) is 6.61 Å². The number of aliphatic hydroxyl groups is 3. The van der Waals surface area contributed by atoms with Crippen LogP contribution in [0.1, 0.15) is 10.4 Å². The average Bonchev–Trinajstić information content (AvgIpc) is 2.67. The molecule has 1 unspecified atom stereocenters. The molecular weight excluding hydrogens is 256 g/mol. The molecule has 1 saturated heterocycles. The highest BCUT2D eigenvalue weighted by molar-refractivity contribution is 5.93. The van der Waals surface area contributed by atoms with E-state index in [1.807, 2.05) is 0 Å². The fraction of sp³-hybridized carbons (Fsp3) is 0.455. The van der Waals surface area contributed by atoms with Crippen LogP contribution in [0.4, 0.5) is 0 Å². The van der Waals surface area contributed by atoms with Gasteiger partial charge in [-0.05, 0) is 6.07 Å². The van der Waals surface area contributed by atoms with Gasteiger partial charge in [0.15, 0.2) is 6.23 Å². The number of hydrogen-bond acceptors (Lipinski definition) is 6. The van der Waals surface area contributed by atoms with Gasteiger partial charge < -0.3 is 30.4 Å². The Hall–Kier alpha value is -1.74. The first-order valence-corrected chi connectivity index (χ1v) is 5.65. The Bertz CT molecular complexity index is 496. The summed E-state index contributed by atoms with van der Waals surface area (Å²) in [6.07, 6.45) is -3.45. The number of rotatable bonds is 3. The summed E-state index contributed by atoms with van der Waals surface area (Å²) in [5, 5.41) is 30.4. The van der Waals surface area contributed by atoms with Crippen molar-refractivity contribution in [3.05, 3.63) is 34.2 Å². The molecule has 1 amide bonds. The second kappa shape index (κ2) is 5.49. The summed E-state index contributed by atoms with van der Waals surface area (Å²) in [4.78, 5) is 25.0. The maximum atomic E-state index is 11.8. The number of H-pyrrole nitrogens is 1. The van der Waals surface area contributed by atoms with Gasteiger partial charge in [0.25, 0.3) is 5.91 Å². The van der Waals surface area contributed by atoms with Crippen LogP contribution in [0.2, 0.25) is 0 Å². The van der Waals surface area contributed by atoms with Crippen LogP contribution in [0.15, 0.2) is 23.1 Å². The Morgan fingerprint density at radius 1 is 1.37 bits per heavy atom. The maximum absolute atomic E-state index is 11.8. The topological polar surface area (TPSA) is 132 Å². The van der Waals surface area contributed by atoms with E-state index >= 15 is 0 Å². The lowest BCUT2D eigenvalue weighted by Gasteiger charge is -2.16. The Morgan fingerprint density at radius 3 is 2.63 bits per heavy atom. The van der Waals surface area contributed by atoms with Crippen molar-refractivity contribution >= 4 is 5.91 Å². The average molecular weight is 270 g/mol. The molecule has 104 valence electrons. The van der Waals surface area contributed by atoms with Crippen LogP contribution in [0.5, 0.6) is 0 Å². The summed E-state index contributed by atoms with van der Waals surface area (Å²) in [5.41, 5.74) is -0.165. The van der Waals surface area contributed by atoms with Crippen LogP contribution in [0.3, 0.4) is 0 Å². The number of nitrogens with one attached hydrogen (secondary N) is 2. The molecule has 4 atom stereocenters. The standard InChI is InChI=1S/C11H14N2O6/c14-4-6-8(16)9(17)11(19-6)13-10(18)5-1-2-7(15)12-3-5/h1-3,6,8-9,11,14,16-17H,4H2,(H,12,15)(H,13,18)/t6-,8-,9-,11?/m1/s1. The van der Waals surface area contributed by atoms with E-state index in [1.54, 1.807) is 0 Å². The number of aliphatic hydroxyl groups excluding tert-OH is 3. The minimum atomic E-state index is -1.33. The summed E-state index contributed by atoms with van der Waals surface area (Å²) < 4.78 is 5.10. The number of hydrogen-bond donors (Lipinski definition) is 5. The highest BCUT2D eigenvalue weighted by Crippen LogP contribution is 2.19. The van der Waals surface area contributed by atoms with E-state index in [4.69, 9.17) is 9.84 Å². The van der Waals surface area contributed by atoms with Crippen molar-refractivity contribution in [3.8, 4) is 0 Å². The number of carbonyl (C=O) groups is 1. The highest BCUT2D eigenvalue weighted by atomic mass is 16.6. The van der Waals surface area contributed by atoms with Gasteiger partial charge in [0.2, 0.25) is 5.56 Å². The lowest BCUT2D eigenvalue weighted by atomic mass is 10.1. The Morgan fingerprint density at radius 2 is 2.11 bits per heavy atom. The van der Waals surface area contributed by atoms with E-state index < -0.39 is 37.1 Å². The molecular formula is C11H14N2O6. The van der Waals surface area contributed by atoms with Gasteiger partial charge in [0.1, 0.15) is 18.3 Å². The molecule has 19 heavy (non-hydrogen) atoms. The van der Waals surface area contributed by atoms with Gasteiger partial charge in [-0.3, -0.25) is 9.59 Å². The molecule has 0 bridgehead atoms. The predicted molar refractivity (Wildman–Crippen MR) is 62.3 cm³/mol. The van der Waals surface area contributed by atoms with Crippen molar-refractivity contribution in [1.82, 2.24) is 10.3 Å². The van der Waals surface area contributed by atoms with Crippen molar-refractivity contribution in [3.63, 3.8) is 0 Å². The molecule has 0 spiro atoms. The number of amides is 1. The third-order valence-corrected chi connectivity index (χ3v) is 2.86.